The van der Waals surface area contributed by atoms with Crippen molar-refractivity contribution in [3.05, 3.63) is 29.8 Å². The molecule has 4 heteroatoms. The number of anilines is 1. The number of rotatable bonds is 5. The van der Waals surface area contributed by atoms with Gasteiger partial charge in [0.05, 0.1) is 12.0 Å². The maximum atomic E-state index is 12.0. The van der Waals surface area contributed by atoms with Crippen molar-refractivity contribution in [1.82, 2.24) is 0 Å². The minimum absolute atomic E-state index is 0.00367. The van der Waals surface area contributed by atoms with Crippen LogP contribution in [0, 0.1) is 5.41 Å². The average Bonchev–Trinajstić information content (AvgIpc) is 2.38. The summed E-state index contributed by atoms with van der Waals surface area (Å²) in [5.74, 6) is -0.0701. The van der Waals surface area contributed by atoms with E-state index < -0.39 is 5.41 Å². The van der Waals surface area contributed by atoms with Gasteiger partial charge in [-0.2, -0.15) is 0 Å². The molecule has 0 bridgehead atoms. The maximum absolute atomic E-state index is 12.0. The maximum Gasteiger partial charge on any atom is 0.231 e. The molecule has 0 aliphatic heterocycles. The van der Waals surface area contributed by atoms with Gasteiger partial charge in [0, 0.05) is 12.2 Å². The Bertz CT molecular complexity index is 370. The fraction of sp³-hybridized carbons (Fsp3) is 0.462. The zero-order valence-corrected chi connectivity index (χ0v) is 10.4. The van der Waals surface area contributed by atoms with Crippen molar-refractivity contribution in [3.8, 4) is 0 Å². The summed E-state index contributed by atoms with van der Waals surface area (Å²) in [4.78, 5) is 12.0. The lowest BCUT2D eigenvalue weighted by Gasteiger charge is -2.24. The van der Waals surface area contributed by atoms with E-state index in [4.69, 9.17) is 10.8 Å². The fourth-order valence-corrected chi connectivity index (χ4v) is 1.37. The van der Waals surface area contributed by atoms with Gasteiger partial charge in [-0.05, 0) is 31.0 Å². The van der Waals surface area contributed by atoms with Gasteiger partial charge in [-0.15, -0.1) is 0 Å². The summed E-state index contributed by atoms with van der Waals surface area (Å²) in [5, 5.41) is 11.7. The van der Waals surface area contributed by atoms with E-state index in [1.807, 2.05) is 13.8 Å². The van der Waals surface area contributed by atoms with Gasteiger partial charge in [-0.25, -0.2) is 0 Å². The van der Waals surface area contributed by atoms with Gasteiger partial charge in [-0.1, -0.05) is 19.1 Å². The smallest absolute Gasteiger partial charge is 0.231 e. The quantitative estimate of drug-likeness (QED) is 0.725. The highest BCUT2D eigenvalue weighted by Gasteiger charge is 2.29. The van der Waals surface area contributed by atoms with Crippen LogP contribution >= 0.6 is 0 Å². The molecular formula is C13H20N2O2. The first-order valence-corrected chi connectivity index (χ1v) is 5.77. The molecule has 4 nitrogen and oxygen atoms in total. The minimum atomic E-state index is -0.532. The van der Waals surface area contributed by atoms with Crippen molar-refractivity contribution in [2.45, 2.75) is 26.9 Å². The molecule has 1 aromatic carbocycles. The molecule has 0 saturated carbocycles. The molecule has 1 aromatic rings. The van der Waals surface area contributed by atoms with E-state index in [2.05, 4.69) is 5.32 Å². The zero-order valence-electron chi connectivity index (χ0n) is 10.4. The summed E-state index contributed by atoms with van der Waals surface area (Å²) in [6.07, 6.45) is 0.698. The van der Waals surface area contributed by atoms with Gasteiger partial charge in [0.1, 0.15) is 0 Å². The Labute approximate surface area is 102 Å². The van der Waals surface area contributed by atoms with Crippen LogP contribution in [0.4, 0.5) is 5.69 Å². The molecule has 0 aromatic heterocycles. The Hall–Kier alpha value is -1.39. The number of aliphatic hydroxyl groups is 1. The van der Waals surface area contributed by atoms with Crippen LogP contribution in [-0.4, -0.2) is 17.6 Å². The number of nitrogens with two attached hydrogens (primary N) is 1. The second-order valence-corrected chi connectivity index (χ2v) is 4.43. The van der Waals surface area contributed by atoms with Crippen LogP contribution in [0.3, 0.4) is 0 Å². The standard InChI is InChI=1S/C13H20N2O2/c1-3-13(2,9-14)12(17)15-11-6-4-10(8-16)5-7-11/h4-7,16H,3,8-9,14H2,1-2H3,(H,15,17). The molecule has 0 heterocycles. The Morgan fingerprint density at radius 2 is 2.00 bits per heavy atom. The first-order valence-electron chi connectivity index (χ1n) is 5.77. The summed E-state index contributed by atoms with van der Waals surface area (Å²) >= 11 is 0. The van der Waals surface area contributed by atoms with Crippen molar-refractivity contribution in [1.29, 1.82) is 0 Å². The summed E-state index contributed by atoms with van der Waals surface area (Å²) in [7, 11) is 0. The average molecular weight is 236 g/mol. The van der Waals surface area contributed by atoms with Crippen molar-refractivity contribution >= 4 is 11.6 Å². The molecule has 94 valence electrons. The topological polar surface area (TPSA) is 75.4 Å². The van der Waals surface area contributed by atoms with E-state index >= 15 is 0 Å². The van der Waals surface area contributed by atoms with E-state index in [0.29, 0.717) is 13.0 Å². The lowest BCUT2D eigenvalue weighted by Crippen LogP contribution is -2.39. The molecule has 0 aliphatic rings. The van der Waals surface area contributed by atoms with Crippen LogP contribution in [-0.2, 0) is 11.4 Å². The Morgan fingerprint density at radius 1 is 1.41 bits per heavy atom. The molecule has 4 N–H and O–H groups in total. The number of amides is 1. The Balaban J connectivity index is 2.73. The number of hydrogen-bond acceptors (Lipinski definition) is 3. The largest absolute Gasteiger partial charge is 0.392 e. The highest BCUT2D eigenvalue weighted by Crippen LogP contribution is 2.22. The van der Waals surface area contributed by atoms with Crippen LogP contribution in [0.25, 0.3) is 0 Å². The molecule has 0 spiro atoms. The molecule has 0 radical (unpaired) electrons. The monoisotopic (exact) mass is 236 g/mol. The predicted molar refractivity (Wildman–Crippen MR) is 68.4 cm³/mol. The second-order valence-electron chi connectivity index (χ2n) is 4.43. The van der Waals surface area contributed by atoms with Crippen molar-refractivity contribution in [2.24, 2.45) is 11.1 Å². The summed E-state index contributed by atoms with van der Waals surface area (Å²) < 4.78 is 0. The molecular weight excluding hydrogens is 216 g/mol. The van der Waals surface area contributed by atoms with Gasteiger partial charge in [-0.3, -0.25) is 4.79 Å². The first kappa shape index (κ1) is 13.7. The first-order chi connectivity index (χ1) is 8.05. The highest BCUT2D eigenvalue weighted by molar-refractivity contribution is 5.95. The lowest BCUT2D eigenvalue weighted by atomic mass is 9.86. The SMILES string of the molecule is CCC(C)(CN)C(=O)Nc1ccc(CO)cc1. The third-order valence-electron chi connectivity index (χ3n) is 3.17. The van der Waals surface area contributed by atoms with E-state index in [0.717, 1.165) is 11.3 Å². The molecule has 0 aliphatic carbocycles. The predicted octanol–water partition coefficient (Wildman–Crippen LogP) is 1.49. The van der Waals surface area contributed by atoms with E-state index in [9.17, 15) is 4.79 Å². The third kappa shape index (κ3) is 3.28. The van der Waals surface area contributed by atoms with Crippen molar-refractivity contribution in [2.75, 3.05) is 11.9 Å². The van der Waals surface area contributed by atoms with Crippen LogP contribution < -0.4 is 11.1 Å². The van der Waals surface area contributed by atoms with Gasteiger partial charge in [0.2, 0.25) is 5.91 Å². The number of benzene rings is 1. The number of nitrogens with one attached hydrogen (secondary N) is 1. The molecule has 17 heavy (non-hydrogen) atoms. The minimum Gasteiger partial charge on any atom is -0.392 e. The molecule has 1 unspecified atom stereocenters. The van der Waals surface area contributed by atoms with Gasteiger partial charge in [0.25, 0.3) is 0 Å². The fourth-order valence-electron chi connectivity index (χ4n) is 1.37. The number of hydrogen-bond donors (Lipinski definition) is 3. The van der Waals surface area contributed by atoms with Crippen molar-refractivity contribution in [3.63, 3.8) is 0 Å². The van der Waals surface area contributed by atoms with Crippen LogP contribution in [0.5, 0.6) is 0 Å². The third-order valence-corrected chi connectivity index (χ3v) is 3.17. The van der Waals surface area contributed by atoms with Crippen LogP contribution in [0.15, 0.2) is 24.3 Å². The molecule has 1 amide bonds. The molecule has 1 rings (SSSR count). The lowest BCUT2D eigenvalue weighted by molar-refractivity contribution is -0.124. The highest BCUT2D eigenvalue weighted by atomic mass is 16.3. The molecule has 0 fully saturated rings. The summed E-state index contributed by atoms with van der Waals surface area (Å²) in [6, 6.07) is 7.11. The number of carbonyl (C=O) groups excluding carboxylic acids is 1. The van der Waals surface area contributed by atoms with Gasteiger partial charge in [0.15, 0.2) is 0 Å². The normalized spacial score (nSPS) is 14.1. The summed E-state index contributed by atoms with van der Waals surface area (Å²) in [6.45, 7) is 4.12. The van der Waals surface area contributed by atoms with Crippen LogP contribution in [0.2, 0.25) is 0 Å². The molecule has 0 saturated heterocycles. The van der Waals surface area contributed by atoms with Gasteiger partial charge < -0.3 is 16.2 Å². The van der Waals surface area contributed by atoms with Crippen molar-refractivity contribution < 1.29 is 9.90 Å². The van der Waals surface area contributed by atoms with E-state index in [1.54, 1.807) is 24.3 Å². The summed E-state index contributed by atoms with van der Waals surface area (Å²) in [5.41, 5.74) is 6.63. The van der Waals surface area contributed by atoms with Gasteiger partial charge >= 0.3 is 0 Å². The van der Waals surface area contributed by atoms with Crippen LogP contribution in [0.1, 0.15) is 25.8 Å². The second kappa shape index (κ2) is 5.80. The molecule has 1 atom stereocenters. The van der Waals surface area contributed by atoms with E-state index in [-0.39, 0.29) is 12.5 Å². The number of carbonyl (C=O) groups is 1. The Morgan fingerprint density at radius 3 is 2.41 bits per heavy atom. The van der Waals surface area contributed by atoms with E-state index in [1.165, 1.54) is 0 Å². The number of aliphatic hydroxyl groups excluding tert-OH is 1. The Kier molecular flexibility index (Phi) is 4.66. The zero-order chi connectivity index (χ0) is 12.9.